The lowest BCUT2D eigenvalue weighted by atomic mass is 10.2. The van der Waals surface area contributed by atoms with Gasteiger partial charge in [0.2, 0.25) is 0 Å². The van der Waals surface area contributed by atoms with Crippen LogP contribution in [0.2, 0.25) is 5.02 Å². The van der Waals surface area contributed by atoms with E-state index < -0.39 is 9.05 Å². The molecule has 0 atom stereocenters. The van der Waals surface area contributed by atoms with Crippen LogP contribution in [0, 0.1) is 6.92 Å². The summed E-state index contributed by atoms with van der Waals surface area (Å²) in [4.78, 5) is 11.9. The maximum absolute atomic E-state index is 12.1. The monoisotopic (exact) mass is 347 g/mol. The summed E-state index contributed by atoms with van der Waals surface area (Å²) >= 11 is 5.85. The van der Waals surface area contributed by atoms with Gasteiger partial charge in [0.05, 0.1) is 16.3 Å². The first kappa shape index (κ1) is 15.8. The molecule has 0 aliphatic rings. The van der Waals surface area contributed by atoms with E-state index in [0.717, 1.165) is 0 Å². The van der Waals surface area contributed by atoms with E-state index in [0.29, 0.717) is 16.9 Å². The summed E-state index contributed by atoms with van der Waals surface area (Å²) in [5, 5.41) is 6.62. The number of aryl methyl sites for hydroxylation is 2. The maximum atomic E-state index is 12.1. The van der Waals surface area contributed by atoms with Crippen LogP contribution in [-0.4, -0.2) is 24.1 Å². The van der Waals surface area contributed by atoms with Crippen LogP contribution in [0.4, 0.5) is 5.69 Å². The lowest BCUT2D eigenvalue weighted by Crippen LogP contribution is -2.12. The minimum atomic E-state index is -3.92. The lowest BCUT2D eigenvalue weighted by Gasteiger charge is -2.06. The molecule has 9 heteroatoms. The number of nitrogens with one attached hydrogen (secondary N) is 1. The first-order chi connectivity index (χ1) is 9.68. The molecular weight excluding hydrogens is 337 g/mol. The maximum Gasteiger partial charge on any atom is 0.262 e. The number of rotatable bonds is 3. The van der Waals surface area contributed by atoms with E-state index in [4.69, 9.17) is 22.3 Å². The highest BCUT2D eigenvalue weighted by atomic mass is 35.7. The van der Waals surface area contributed by atoms with Gasteiger partial charge in [-0.05, 0) is 25.1 Å². The molecule has 0 saturated carbocycles. The Bertz CT molecular complexity index is 815. The van der Waals surface area contributed by atoms with Gasteiger partial charge in [0, 0.05) is 29.6 Å². The number of halogens is 2. The van der Waals surface area contributed by atoms with Crippen molar-refractivity contribution in [1.29, 1.82) is 0 Å². The average molecular weight is 348 g/mol. The van der Waals surface area contributed by atoms with Gasteiger partial charge in [0.25, 0.3) is 15.0 Å². The fraction of sp³-hybridized carbons (Fsp3) is 0.167. The summed E-state index contributed by atoms with van der Waals surface area (Å²) in [5.74, 6) is -0.363. The minimum Gasteiger partial charge on any atom is -0.322 e. The molecule has 6 nitrogen and oxygen atoms in total. The first-order valence-corrected chi connectivity index (χ1v) is 8.43. The molecule has 0 fully saturated rings. The van der Waals surface area contributed by atoms with Crippen LogP contribution in [0.25, 0.3) is 0 Å². The minimum absolute atomic E-state index is 0.0642. The molecule has 112 valence electrons. The largest absolute Gasteiger partial charge is 0.322 e. The molecule has 0 aliphatic carbocycles. The van der Waals surface area contributed by atoms with Crippen LogP contribution >= 0.6 is 22.3 Å². The normalized spacial score (nSPS) is 11.4. The molecule has 0 spiro atoms. The summed E-state index contributed by atoms with van der Waals surface area (Å²) in [6.07, 6.45) is 1.59. The highest BCUT2D eigenvalue weighted by molar-refractivity contribution is 8.13. The second kappa shape index (κ2) is 5.67. The standard InChI is InChI=1S/C12H11Cl2N3O3S/c1-7-9(6-17(2)16-7)12(18)15-8-3-4-11(10(13)5-8)21(14,19)20/h3-6H,1-2H3,(H,15,18). The van der Waals surface area contributed by atoms with E-state index in [1.54, 1.807) is 20.2 Å². The number of benzene rings is 1. The topological polar surface area (TPSA) is 81.1 Å². The van der Waals surface area contributed by atoms with Crippen molar-refractivity contribution in [3.8, 4) is 0 Å². The van der Waals surface area contributed by atoms with Crippen molar-refractivity contribution in [2.24, 2.45) is 7.05 Å². The van der Waals surface area contributed by atoms with Crippen LogP contribution in [0.3, 0.4) is 0 Å². The average Bonchev–Trinajstić information content (AvgIpc) is 2.67. The van der Waals surface area contributed by atoms with Crippen molar-refractivity contribution < 1.29 is 13.2 Å². The second-order valence-corrected chi connectivity index (χ2v) is 7.28. The van der Waals surface area contributed by atoms with E-state index in [1.165, 1.54) is 22.9 Å². The third kappa shape index (κ3) is 3.55. The summed E-state index contributed by atoms with van der Waals surface area (Å²) in [5.41, 5.74) is 1.36. The molecule has 0 aliphatic heterocycles. The highest BCUT2D eigenvalue weighted by Gasteiger charge is 2.17. The molecule has 0 unspecified atom stereocenters. The molecule has 1 aromatic heterocycles. The molecule has 1 heterocycles. The SMILES string of the molecule is Cc1nn(C)cc1C(=O)Nc1ccc(S(=O)(=O)Cl)c(Cl)c1. The number of aromatic nitrogens is 2. The van der Waals surface area contributed by atoms with Gasteiger partial charge < -0.3 is 5.32 Å². The van der Waals surface area contributed by atoms with Crippen molar-refractivity contribution in [3.63, 3.8) is 0 Å². The third-order valence-corrected chi connectivity index (χ3v) is 4.52. The predicted octanol–water partition coefficient (Wildman–Crippen LogP) is 2.56. The molecule has 0 saturated heterocycles. The molecule has 2 rings (SSSR count). The number of hydrogen-bond acceptors (Lipinski definition) is 4. The summed E-state index contributed by atoms with van der Waals surface area (Å²) in [6.45, 7) is 1.71. The van der Waals surface area contributed by atoms with Crippen molar-refractivity contribution in [1.82, 2.24) is 9.78 Å². The van der Waals surface area contributed by atoms with Gasteiger partial charge in [-0.15, -0.1) is 0 Å². The van der Waals surface area contributed by atoms with Crippen LogP contribution in [0.5, 0.6) is 0 Å². The molecule has 1 N–H and O–H groups in total. The molecule has 21 heavy (non-hydrogen) atoms. The van der Waals surface area contributed by atoms with Gasteiger partial charge >= 0.3 is 0 Å². The number of nitrogens with zero attached hydrogens (tertiary/aromatic N) is 2. The van der Waals surface area contributed by atoms with E-state index in [1.807, 2.05) is 0 Å². The van der Waals surface area contributed by atoms with Gasteiger partial charge in [0.1, 0.15) is 4.90 Å². The van der Waals surface area contributed by atoms with Gasteiger partial charge in [0.15, 0.2) is 0 Å². The van der Waals surface area contributed by atoms with E-state index in [-0.39, 0.29) is 15.8 Å². The summed E-state index contributed by atoms with van der Waals surface area (Å²) in [7, 11) is 3.02. The lowest BCUT2D eigenvalue weighted by molar-refractivity contribution is 0.102. The van der Waals surface area contributed by atoms with Crippen LogP contribution in [0.15, 0.2) is 29.3 Å². The number of anilines is 1. The zero-order valence-electron chi connectivity index (χ0n) is 11.1. The zero-order valence-corrected chi connectivity index (χ0v) is 13.4. The summed E-state index contributed by atoms with van der Waals surface area (Å²) in [6, 6.07) is 3.96. The van der Waals surface area contributed by atoms with Gasteiger partial charge in [-0.3, -0.25) is 9.48 Å². The number of hydrogen-bond donors (Lipinski definition) is 1. The number of carbonyl (C=O) groups is 1. The summed E-state index contributed by atoms with van der Waals surface area (Å²) < 4.78 is 24.0. The predicted molar refractivity (Wildman–Crippen MR) is 80.4 cm³/mol. The smallest absolute Gasteiger partial charge is 0.262 e. The number of carbonyl (C=O) groups excluding carboxylic acids is 1. The van der Waals surface area contributed by atoms with E-state index >= 15 is 0 Å². The van der Waals surface area contributed by atoms with Crippen LogP contribution < -0.4 is 5.32 Å². The van der Waals surface area contributed by atoms with Crippen molar-refractivity contribution in [2.75, 3.05) is 5.32 Å². The zero-order chi connectivity index (χ0) is 15.8. The van der Waals surface area contributed by atoms with Crippen LogP contribution in [-0.2, 0) is 16.1 Å². The van der Waals surface area contributed by atoms with Crippen molar-refractivity contribution in [2.45, 2.75) is 11.8 Å². The Balaban J connectivity index is 2.27. The second-order valence-electron chi connectivity index (χ2n) is 4.34. The van der Waals surface area contributed by atoms with Crippen molar-refractivity contribution >= 4 is 42.9 Å². The molecule has 2 aromatic rings. The first-order valence-electron chi connectivity index (χ1n) is 5.74. The van der Waals surface area contributed by atoms with Crippen LogP contribution in [0.1, 0.15) is 16.1 Å². The molecule has 1 aromatic carbocycles. The quantitative estimate of drug-likeness (QED) is 0.865. The fourth-order valence-corrected chi connectivity index (χ4v) is 3.33. The third-order valence-electron chi connectivity index (χ3n) is 2.71. The Morgan fingerprint density at radius 3 is 2.52 bits per heavy atom. The Labute approximate surface area is 131 Å². The van der Waals surface area contributed by atoms with E-state index in [9.17, 15) is 13.2 Å². The highest BCUT2D eigenvalue weighted by Crippen LogP contribution is 2.27. The van der Waals surface area contributed by atoms with E-state index in [2.05, 4.69) is 10.4 Å². The fourth-order valence-electron chi connectivity index (χ4n) is 1.80. The van der Waals surface area contributed by atoms with Gasteiger partial charge in [-0.1, -0.05) is 11.6 Å². The van der Waals surface area contributed by atoms with Gasteiger partial charge in [-0.25, -0.2) is 8.42 Å². The number of amides is 1. The Morgan fingerprint density at radius 2 is 2.05 bits per heavy atom. The molecule has 0 radical (unpaired) electrons. The Kier molecular flexibility index (Phi) is 4.27. The Morgan fingerprint density at radius 1 is 1.38 bits per heavy atom. The Hall–Kier alpha value is -1.57. The molecular formula is C12H11Cl2N3O3S. The molecule has 1 amide bonds. The molecule has 0 bridgehead atoms. The van der Waals surface area contributed by atoms with Gasteiger partial charge in [-0.2, -0.15) is 5.10 Å². The van der Waals surface area contributed by atoms with Crippen molar-refractivity contribution in [3.05, 3.63) is 40.7 Å².